The highest BCUT2D eigenvalue weighted by Gasteiger charge is 2.15. The number of thiophene rings is 1. The number of anilines is 1. The van der Waals surface area contributed by atoms with Gasteiger partial charge in [0.2, 0.25) is 0 Å². The number of hydrogen-bond donors (Lipinski definition) is 1. The minimum Gasteiger partial charge on any atom is -0.318 e. The summed E-state index contributed by atoms with van der Waals surface area (Å²) in [6, 6.07) is 10.8. The van der Waals surface area contributed by atoms with E-state index in [0.717, 1.165) is 10.6 Å². The van der Waals surface area contributed by atoms with E-state index < -0.39 is 0 Å². The van der Waals surface area contributed by atoms with Crippen molar-refractivity contribution >= 4 is 40.2 Å². The summed E-state index contributed by atoms with van der Waals surface area (Å²) in [6.45, 7) is 0. The van der Waals surface area contributed by atoms with E-state index in [2.05, 4.69) is 20.4 Å². The standard InChI is InChI=1S/C16H10ClN5OS/c17-15-10(3-1-6-19-15)20-16(23)11-9-14-18-7-5-12(22(14)21-11)13-4-2-8-24-13/h1-9H,(H,20,23). The number of hydrogen-bond acceptors (Lipinski definition) is 5. The fourth-order valence-electron chi connectivity index (χ4n) is 2.28. The van der Waals surface area contributed by atoms with Crippen LogP contribution in [-0.2, 0) is 0 Å². The van der Waals surface area contributed by atoms with Gasteiger partial charge in [-0.15, -0.1) is 11.3 Å². The van der Waals surface area contributed by atoms with Crippen molar-refractivity contribution in [2.24, 2.45) is 0 Å². The number of pyridine rings is 1. The first kappa shape index (κ1) is 14.8. The molecule has 0 spiro atoms. The molecule has 4 aromatic rings. The third-order valence-electron chi connectivity index (χ3n) is 3.37. The van der Waals surface area contributed by atoms with Gasteiger partial charge in [0.15, 0.2) is 16.5 Å². The van der Waals surface area contributed by atoms with Crippen molar-refractivity contribution in [3.63, 3.8) is 0 Å². The summed E-state index contributed by atoms with van der Waals surface area (Å²) in [5, 5.41) is 9.30. The number of nitrogens with one attached hydrogen (secondary N) is 1. The maximum atomic E-state index is 12.4. The Morgan fingerprint density at radius 3 is 2.88 bits per heavy atom. The van der Waals surface area contributed by atoms with Gasteiger partial charge in [-0.2, -0.15) is 5.10 Å². The molecule has 0 fully saturated rings. The first-order chi connectivity index (χ1) is 11.7. The summed E-state index contributed by atoms with van der Waals surface area (Å²) in [7, 11) is 0. The predicted octanol–water partition coefficient (Wildman–Crippen LogP) is 3.76. The molecule has 24 heavy (non-hydrogen) atoms. The minimum atomic E-state index is -0.368. The molecule has 0 bridgehead atoms. The lowest BCUT2D eigenvalue weighted by molar-refractivity contribution is 0.102. The van der Waals surface area contributed by atoms with Crippen LogP contribution in [0.3, 0.4) is 0 Å². The first-order valence-corrected chi connectivity index (χ1v) is 8.29. The number of rotatable bonds is 3. The van der Waals surface area contributed by atoms with Crippen LogP contribution in [0.2, 0.25) is 5.15 Å². The molecule has 4 heterocycles. The van der Waals surface area contributed by atoms with Crippen LogP contribution in [0.4, 0.5) is 5.69 Å². The summed E-state index contributed by atoms with van der Waals surface area (Å²) in [6.07, 6.45) is 3.26. The second-order valence-corrected chi connectivity index (χ2v) is 6.21. The van der Waals surface area contributed by atoms with Crippen LogP contribution < -0.4 is 5.32 Å². The summed E-state index contributed by atoms with van der Waals surface area (Å²) in [5.41, 5.74) is 2.18. The Hall–Kier alpha value is -2.77. The van der Waals surface area contributed by atoms with Crippen molar-refractivity contribution < 1.29 is 4.79 Å². The van der Waals surface area contributed by atoms with E-state index in [0.29, 0.717) is 11.3 Å². The summed E-state index contributed by atoms with van der Waals surface area (Å²) < 4.78 is 1.66. The smallest absolute Gasteiger partial charge is 0.276 e. The van der Waals surface area contributed by atoms with Gasteiger partial charge >= 0.3 is 0 Å². The molecule has 0 saturated carbocycles. The van der Waals surface area contributed by atoms with Crippen molar-refractivity contribution in [3.8, 4) is 10.6 Å². The van der Waals surface area contributed by atoms with Crippen LogP contribution in [0.5, 0.6) is 0 Å². The molecule has 8 heteroatoms. The van der Waals surface area contributed by atoms with Gasteiger partial charge in [-0.05, 0) is 29.6 Å². The van der Waals surface area contributed by atoms with Gasteiger partial charge in [-0.25, -0.2) is 14.5 Å². The molecule has 118 valence electrons. The minimum absolute atomic E-state index is 0.229. The molecule has 0 aliphatic heterocycles. The van der Waals surface area contributed by atoms with Crippen LogP contribution in [0.1, 0.15) is 10.5 Å². The summed E-state index contributed by atoms with van der Waals surface area (Å²) in [5.74, 6) is -0.368. The molecule has 4 aromatic heterocycles. The average molecular weight is 356 g/mol. The molecule has 6 nitrogen and oxygen atoms in total. The van der Waals surface area contributed by atoms with Crippen LogP contribution in [-0.4, -0.2) is 25.5 Å². The quantitative estimate of drug-likeness (QED) is 0.568. The zero-order chi connectivity index (χ0) is 16.5. The maximum absolute atomic E-state index is 12.4. The van der Waals surface area contributed by atoms with Gasteiger partial charge in [0.05, 0.1) is 16.3 Å². The highest BCUT2D eigenvalue weighted by molar-refractivity contribution is 7.13. The monoisotopic (exact) mass is 355 g/mol. The number of carbonyl (C=O) groups is 1. The number of halogens is 1. The second kappa shape index (κ2) is 6.03. The van der Waals surface area contributed by atoms with E-state index in [1.54, 1.807) is 46.4 Å². The number of carbonyl (C=O) groups excluding carboxylic acids is 1. The molecule has 0 unspecified atom stereocenters. The Kier molecular flexibility index (Phi) is 3.72. The lowest BCUT2D eigenvalue weighted by Crippen LogP contribution is -2.13. The Morgan fingerprint density at radius 1 is 1.17 bits per heavy atom. The van der Waals surface area contributed by atoms with Crippen molar-refractivity contribution in [1.29, 1.82) is 0 Å². The number of aromatic nitrogens is 4. The molecule has 4 rings (SSSR count). The largest absolute Gasteiger partial charge is 0.318 e. The topological polar surface area (TPSA) is 72.2 Å². The number of amides is 1. The Balaban J connectivity index is 1.72. The second-order valence-electron chi connectivity index (χ2n) is 4.90. The van der Waals surface area contributed by atoms with Gasteiger partial charge in [0.1, 0.15) is 0 Å². The van der Waals surface area contributed by atoms with Crippen molar-refractivity contribution in [3.05, 3.63) is 65.0 Å². The van der Waals surface area contributed by atoms with Crippen LogP contribution in [0, 0.1) is 0 Å². The van der Waals surface area contributed by atoms with Gasteiger partial charge in [-0.3, -0.25) is 4.79 Å². The normalized spacial score (nSPS) is 10.9. The van der Waals surface area contributed by atoms with Gasteiger partial charge < -0.3 is 5.32 Å². The van der Waals surface area contributed by atoms with E-state index in [-0.39, 0.29) is 16.8 Å². The first-order valence-electron chi connectivity index (χ1n) is 7.03. The lowest BCUT2D eigenvalue weighted by atomic mass is 10.3. The highest BCUT2D eigenvalue weighted by Crippen LogP contribution is 2.25. The lowest BCUT2D eigenvalue weighted by Gasteiger charge is -2.03. The van der Waals surface area contributed by atoms with Crippen LogP contribution >= 0.6 is 22.9 Å². The zero-order valence-electron chi connectivity index (χ0n) is 12.2. The van der Waals surface area contributed by atoms with E-state index in [1.165, 1.54) is 0 Å². The fraction of sp³-hybridized carbons (Fsp3) is 0. The molecule has 0 radical (unpaired) electrons. The molecular weight excluding hydrogens is 346 g/mol. The van der Waals surface area contributed by atoms with E-state index in [4.69, 9.17) is 11.6 Å². The maximum Gasteiger partial charge on any atom is 0.276 e. The van der Waals surface area contributed by atoms with Gasteiger partial charge in [0, 0.05) is 18.5 Å². The third-order valence-corrected chi connectivity index (χ3v) is 4.57. The van der Waals surface area contributed by atoms with Gasteiger partial charge in [0.25, 0.3) is 5.91 Å². The molecule has 0 saturated heterocycles. The summed E-state index contributed by atoms with van der Waals surface area (Å²) >= 11 is 7.56. The molecule has 1 N–H and O–H groups in total. The molecule has 1 amide bonds. The fourth-order valence-corrected chi connectivity index (χ4v) is 3.19. The van der Waals surface area contributed by atoms with Crippen molar-refractivity contribution in [2.75, 3.05) is 5.32 Å². The Morgan fingerprint density at radius 2 is 2.08 bits per heavy atom. The Bertz CT molecular complexity index is 1030. The molecule has 0 atom stereocenters. The van der Waals surface area contributed by atoms with Crippen LogP contribution in [0.15, 0.2) is 54.2 Å². The molecule has 0 aromatic carbocycles. The number of nitrogens with zero attached hydrogens (tertiary/aromatic N) is 4. The average Bonchev–Trinajstić information content (AvgIpc) is 3.25. The van der Waals surface area contributed by atoms with Crippen molar-refractivity contribution in [2.45, 2.75) is 0 Å². The molecule has 0 aliphatic rings. The van der Waals surface area contributed by atoms with E-state index in [9.17, 15) is 4.79 Å². The van der Waals surface area contributed by atoms with E-state index in [1.807, 2.05) is 23.6 Å². The van der Waals surface area contributed by atoms with E-state index >= 15 is 0 Å². The number of fused-ring (bicyclic) bond motifs is 1. The Labute approximate surface area is 145 Å². The van der Waals surface area contributed by atoms with Crippen molar-refractivity contribution in [1.82, 2.24) is 19.6 Å². The third kappa shape index (κ3) is 2.64. The SMILES string of the molecule is O=C(Nc1cccnc1Cl)c1cc2nccc(-c3cccs3)n2n1. The molecule has 0 aliphatic carbocycles. The zero-order valence-corrected chi connectivity index (χ0v) is 13.8. The summed E-state index contributed by atoms with van der Waals surface area (Å²) in [4.78, 5) is 21.7. The van der Waals surface area contributed by atoms with Crippen LogP contribution in [0.25, 0.3) is 16.2 Å². The van der Waals surface area contributed by atoms with Gasteiger partial charge in [-0.1, -0.05) is 17.7 Å². The highest BCUT2D eigenvalue weighted by atomic mass is 35.5. The predicted molar refractivity (Wildman–Crippen MR) is 93.5 cm³/mol. The molecular formula is C16H10ClN5OS.